The summed E-state index contributed by atoms with van der Waals surface area (Å²) in [6.07, 6.45) is -3.92. The zero-order chi connectivity index (χ0) is 28.5. The van der Waals surface area contributed by atoms with Gasteiger partial charge in [-0.3, -0.25) is 9.78 Å². The molecule has 0 radical (unpaired) electrons. The minimum atomic E-state index is -1.36. The number of rotatable bonds is 10. The van der Waals surface area contributed by atoms with E-state index < -0.39 is 41.5 Å². The fraction of sp³-hybridized carbons (Fsp3) is 0.444. The van der Waals surface area contributed by atoms with Crippen LogP contribution < -0.4 is 9.47 Å². The molecule has 0 bridgehead atoms. The van der Waals surface area contributed by atoms with E-state index in [4.69, 9.17) is 38.5 Å². The second-order valence-corrected chi connectivity index (χ2v) is 10.3. The molecule has 208 valence electrons. The molecule has 2 unspecified atom stereocenters. The third-order valence-electron chi connectivity index (χ3n) is 4.85. The van der Waals surface area contributed by atoms with Crippen molar-refractivity contribution in [3.8, 4) is 11.5 Å². The van der Waals surface area contributed by atoms with Crippen LogP contribution in [0.15, 0.2) is 48.5 Å². The van der Waals surface area contributed by atoms with E-state index in [1.54, 1.807) is 65.8 Å². The van der Waals surface area contributed by atoms with Gasteiger partial charge in [-0.2, -0.15) is 0 Å². The molecule has 0 aromatic heterocycles. The molecule has 11 heteroatoms. The summed E-state index contributed by atoms with van der Waals surface area (Å²) in [5.41, 5.74) is -1.33. The van der Waals surface area contributed by atoms with Crippen LogP contribution in [0.3, 0.4) is 0 Å². The largest absolute Gasteiger partial charge is 0.513 e. The summed E-state index contributed by atoms with van der Waals surface area (Å²) in [5.74, 6) is -0.745. The van der Waals surface area contributed by atoms with Gasteiger partial charge in [0.15, 0.2) is 0 Å². The van der Waals surface area contributed by atoms with Crippen molar-refractivity contribution in [2.24, 2.45) is 10.8 Å². The van der Waals surface area contributed by atoms with E-state index in [0.717, 1.165) is 0 Å². The summed E-state index contributed by atoms with van der Waals surface area (Å²) >= 11 is 0. The number of carbonyl (C=O) groups is 3. The first-order chi connectivity index (χ1) is 17.7. The Morgan fingerprint density at radius 1 is 0.632 bits per heavy atom. The van der Waals surface area contributed by atoms with E-state index in [9.17, 15) is 14.4 Å². The number of benzene rings is 2. The Morgan fingerprint density at radius 3 is 1.32 bits per heavy atom. The number of ether oxygens (including phenoxy) is 4. The third kappa shape index (κ3) is 9.24. The minimum Gasteiger partial charge on any atom is -0.497 e. The molecular formula is C27H34O11. The maximum absolute atomic E-state index is 12.6. The maximum atomic E-state index is 12.6. The van der Waals surface area contributed by atoms with Crippen molar-refractivity contribution in [1.29, 1.82) is 0 Å². The number of carbonyl (C=O) groups excluding carboxylic acids is 3. The summed E-state index contributed by atoms with van der Waals surface area (Å²) in [6, 6.07) is 12.5. The van der Waals surface area contributed by atoms with E-state index in [1.807, 2.05) is 0 Å². The van der Waals surface area contributed by atoms with E-state index in [1.165, 1.54) is 38.5 Å². The molecule has 11 nitrogen and oxygen atoms in total. The van der Waals surface area contributed by atoms with Crippen LogP contribution in [0, 0.1) is 10.8 Å². The highest BCUT2D eigenvalue weighted by Crippen LogP contribution is 2.28. The Bertz CT molecular complexity index is 1010. The van der Waals surface area contributed by atoms with Crippen molar-refractivity contribution < 1.29 is 52.9 Å². The molecule has 0 aliphatic carbocycles. The number of hydrogen-bond donors (Lipinski definition) is 0. The fourth-order valence-corrected chi connectivity index (χ4v) is 2.66. The molecule has 2 aromatic carbocycles. The zero-order valence-corrected chi connectivity index (χ0v) is 22.8. The Labute approximate surface area is 221 Å². The molecule has 38 heavy (non-hydrogen) atoms. The third-order valence-corrected chi connectivity index (χ3v) is 4.85. The molecule has 2 atom stereocenters. The first kappa shape index (κ1) is 30.4. The summed E-state index contributed by atoms with van der Waals surface area (Å²) in [5, 5.41) is 0. The Balaban J connectivity index is 2.02. The van der Waals surface area contributed by atoms with Crippen LogP contribution in [0.1, 0.15) is 62.3 Å². The summed E-state index contributed by atoms with van der Waals surface area (Å²) in [7, 11) is 2.93. The molecule has 2 rings (SSSR count). The lowest BCUT2D eigenvalue weighted by Crippen LogP contribution is -2.39. The van der Waals surface area contributed by atoms with Crippen molar-refractivity contribution >= 4 is 18.1 Å². The predicted octanol–water partition coefficient (Wildman–Crippen LogP) is 5.48. The fourth-order valence-electron chi connectivity index (χ4n) is 2.66. The smallest absolute Gasteiger partial charge is 0.497 e. The van der Waals surface area contributed by atoms with E-state index in [2.05, 4.69) is 0 Å². The van der Waals surface area contributed by atoms with Gasteiger partial charge < -0.3 is 18.9 Å². The molecule has 0 aliphatic rings. The van der Waals surface area contributed by atoms with Gasteiger partial charge in [0.05, 0.1) is 25.3 Å². The molecule has 0 saturated carbocycles. The lowest BCUT2D eigenvalue weighted by atomic mass is 9.96. The van der Waals surface area contributed by atoms with Gasteiger partial charge in [0, 0.05) is 10.8 Å². The summed E-state index contributed by atoms with van der Waals surface area (Å²) in [4.78, 5) is 57.5. The zero-order valence-electron chi connectivity index (χ0n) is 22.8. The van der Waals surface area contributed by atoms with Gasteiger partial charge in [-0.1, -0.05) is 53.7 Å². The van der Waals surface area contributed by atoms with Crippen LogP contribution in [-0.2, 0) is 29.0 Å². The normalized spacial score (nSPS) is 13.1. The lowest BCUT2D eigenvalue weighted by Gasteiger charge is -2.30. The van der Waals surface area contributed by atoms with Crippen LogP contribution in [0.4, 0.5) is 4.79 Å². The highest BCUT2D eigenvalue weighted by atomic mass is 17.2. The lowest BCUT2D eigenvalue weighted by molar-refractivity contribution is -0.371. The number of methoxy groups -OCH3 is 2. The summed E-state index contributed by atoms with van der Waals surface area (Å²) in [6.45, 7) is 10.2. The molecule has 0 amide bonds. The Kier molecular flexibility index (Phi) is 10.5. The molecule has 0 aliphatic heterocycles. The topological polar surface area (TPSA) is 125 Å². The SMILES string of the molecule is COc1cccc(C(=O)OOC(OC(=O)OC(OOC(=O)c2cccc(OC)c2)C(C)(C)C)C(C)(C)C)c1. The highest BCUT2D eigenvalue weighted by Gasteiger charge is 2.37. The molecule has 0 N–H and O–H groups in total. The van der Waals surface area contributed by atoms with Crippen LogP contribution in [0.25, 0.3) is 0 Å². The molecule has 0 spiro atoms. The molecule has 0 fully saturated rings. The summed E-state index contributed by atoms with van der Waals surface area (Å²) < 4.78 is 20.7. The Morgan fingerprint density at radius 2 is 1.00 bits per heavy atom. The first-order valence-electron chi connectivity index (χ1n) is 11.6. The van der Waals surface area contributed by atoms with Crippen LogP contribution >= 0.6 is 0 Å². The second-order valence-electron chi connectivity index (χ2n) is 10.3. The van der Waals surface area contributed by atoms with Crippen molar-refractivity contribution in [2.75, 3.05) is 14.2 Å². The predicted molar refractivity (Wildman–Crippen MR) is 133 cm³/mol. The van der Waals surface area contributed by atoms with Gasteiger partial charge in [-0.15, -0.1) is 9.78 Å². The van der Waals surface area contributed by atoms with Crippen LogP contribution in [0.5, 0.6) is 11.5 Å². The highest BCUT2D eigenvalue weighted by molar-refractivity contribution is 5.89. The van der Waals surface area contributed by atoms with Crippen molar-refractivity contribution in [2.45, 2.75) is 54.1 Å². The van der Waals surface area contributed by atoms with Crippen molar-refractivity contribution in [3.63, 3.8) is 0 Å². The second kappa shape index (κ2) is 13.1. The molecular weight excluding hydrogens is 500 g/mol. The standard InChI is InChI=1S/C27H34O11/c1-26(2,3)23(37-35-21(28)17-11-9-13-19(15-17)31-7)33-25(30)34-24(27(4,5)6)38-36-22(29)18-12-10-14-20(16-18)32-8/h9-16,23-24H,1-8H3. The average molecular weight is 535 g/mol. The van der Waals surface area contributed by atoms with E-state index in [-0.39, 0.29) is 11.1 Å². The molecule has 0 saturated heterocycles. The number of hydrogen-bond acceptors (Lipinski definition) is 11. The Hall–Kier alpha value is -3.83. The van der Waals surface area contributed by atoms with Gasteiger partial charge in [-0.05, 0) is 36.4 Å². The molecule has 0 heterocycles. The van der Waals surface area contributed by atoms with E-state index in [0.29, 0.717) is 11.5 Å². The van der Waals surface area contributed by atoms with Crippen molar-refractivity contribution in [3.05, 3.63) is 59.7 Å². The monoisotopic (exact) mass is 534 g/mol. The van der Waals surface area contributed by atoms with E-state index >= 15 is 0 Å². The van der Waals surface area contributed by atoms with Crippen LogP contribution in [0.2, 0.25) is 0 Å². The van der Waals surface area contributed by atoms with Gasteiger partial charge in [0.1, 0.15) is 11.5 Å². The van der Waals surface area contributed by atoms with Gasteiger partial charge >= 0.3 is 18.1 Å². The van der Waals surface area contributed by atoms with Crippen molar-refractivity contribution in [1.82, 2.24) is 0 Å². The van der Waals surface area contributed by atoms with Crippen LogP contribution in [-0.4, -0.2) is 44.9 Å². The van der Waals surface area contributed by atoms with Gasteiger partial charge in [-0.25, -0.2) is 14.4 Å². The van der Waals surface area contributed by atoms with Gasteiger partial charge in [0.25, 0.3) is 12.6 Å². The molecule has 2 aromatic rings. The first-order valence-corrected chi connectivity index (χ1v) is 11.6. The minimum absolute atomic E-state index is 0.165. The average Bonchev–Trinajstić information content (AvgIpc) is 2.87. The quantitative estimate of drug-likeness (QED) is 0.166. The maximum Gasteiger partial charge on any atom is 0.513 e. The van der Waals surface area contributed by atoms with Gasteiger partial charge in [0.2, 0.25) is 0 Å².